The number of ether oxygens (including phenoxy) is 2. The number of unbranched alkanes of at least 4 members (excludes halogenated alkanes) is 10. The van der Waals surface area contributed by atoms with Gasteiger partial charge in [0.1, 0.15) is 12.4 Å². The highest BCUT2D eigenvalue weighted by atomic mass is 31.2. The SMILES string of the molecule is CCCC/C=C\CCCCCCCC(=O)OC[C@H](COP(=O)(O)O)OC(=O)CCC/C=C\C[C@H]1[C@@H](O)CC(=O)[C@@H]1/C=C/[C@@H](O)CCCCC. The van der Waals surface area contributed by atoms with Crippen molar-refractivity contribution in [3.63, 3.8) is 0 Å². The molecule has 0 saturated heterocycles. The molecule has 0 unspecified atom stereocenters. The zero-order valence-corrected chi connectivity index (χ0v) is 30.7. The summed E-state index contributed by atoms with van der Waals surface area (Å²) in [4.78, 5) is 55.2. The van der Waals surface area contributed by atoms with Gasteiger partial charge in [-0.05, 0) is 51.4 Å². The van der Waals surface area contributed by atoms with E-state index in [4.69, 9.17) is 19.3 Å². The third-order valence-electron chi connectivity index (χ3n) is 8.51. The van der Waals surface area contributed by atoms with Crippen molar-refractivity contribution < 1.29 is 52.9 Å². The Morgan fingerprint density at radius 3 is 2.18 bits per heavy atom. The van der Waals surface area contributed by atoms with E-state index in [1.54, 1.807) is 12.2 Å². The van der Waals surface area contributed by atoms with Crippen molar-refractivity contribution >= 4 is 25.5 Å². The average Bonchev–Trinajstić information content (AvgIpc) is 3.32. The highest BCUT2D eigenvalue weighted by Gasteiger charge is 2.39. The van der Waals surface area contributed by atoms with Crippen LogP contribution in [0.15, 0.2) is 36.5 Å². The number of phosphoric acid groups is 1. The molecule has 4 N–H and O–H groups in total. The molecule has 0 bridgehead atoms. The summed E-state index contributed by atoms with van der Waals surface area (Å²) < 4.78 is 26.2. The molecule has 5 atom stereocenters. The van der Waals surface area contributed by atoms with E-state index in [1.165, 1.54) is 12.8 Å². The fraction of sp³-hybridized carbons (Fsp3) is 0.757. The van der Waals surface area contributed by atoms with E-state index >= 15 is 0 Å². The summed E-state index contributed by atoms with van der Waals surface area (Å²) in [5, 5.41) is 20.6. The predicted molar refractivity (Wildman–Crippen MR) is 189 cm³/mol. The molecule has 0 aromatic heterocycles. The van der Waals surface area contributed by atoms with Crippen LogP contribution in [0.3, 0.4) is 0 Å². The second-order valence-corrected chi connectivity index (χ2v) is 14.2. The van der Waals surface area contributed by atoms with Gasteiger partial charge in [0.15, 0.2) is 6.10 Å². The van der Waals surface area contributed by atoms with Crippen LogP contribution in [0.1, 0.15) is 136 Å². The second-order valence-electron chi connectivity index (χ2n) is 13.0. The number of Topliss-reactive ketones (excluding diaryl/α,β-unsaturated/α-hetero) is 1. The van der Waals surface area contributed by atoms with Crippen LogP contribution in [0.5, 0.6) is 0 Å². The average molecular weight is 715 g/mol. The highest BCUT2D eigenvalue weighted by molar-refractivity contribution is 7.46. The van der Waals surface area contributed by atoms with E-state index in [1.807, 2.05) is 12.2 Å². The standard InChI is InChI=1S/C37H63O11P/c1-3-5-7-8-9-10-11-12-13-14-19-23-36(41)46-28-31(29-47-49(43,44)45)48-37(42)24-20-16-15-18-22-32-33(35(40)27-34(32)39)26-25-30(38)21-17-6-4-2/h8-9,15,18,25-26,30-34,38-39H,3-7,10-14,16-17,19-24,27-29H2,1-2H3,(H2,43,44,45)/b9-8-,18-15-,26-25+/t30-,31+,32+,33+,34-/m0/s1. The molecule has 12 heteroatoms. The van der Waals surface area contributed by atoms with Crippen molar-refractivity contribution in [2.45, 2.75) is 154 Å². The molecule has 0 aromatic rings. The topological polar surface area (TPSA) is 177 Å². The third-order valence-corrected chi connectivity index (χ3v) is 8.99. The fourth-order valence-electron chi connectivity index (χ4n) is 5.63. The maximum Gasteiger partial charge on any atom is 0.469 e. The van der Waals surface area contributed by atoms with E-state index in [2.05, 4.69) is 30.5 Å². The molecule has 1 saturated carbocycles. The molecule has 1 aliphatic rings. The third kappa shape index (κ3) is 23.8. The maximum absolute atomic E-state index is 12.4. The molecule has 0 aromatic carbocycles. The monoisotopic (exact) mass is 714 g/mol. The van der Waals surface area contributed by atoms with Crippen LogP contribution in [0, 0.1) is 11.8 Å². The molecule has 11 nitrogen and oxygen atoms in total. The second kappa shape index (κ2) is 27.6. The number of carbonyl (C=O) groups is 3. The van der Waals surface area contributed by atoms with Gasteiger partial charge in [-0.15, -0.1) is 0 Å². The zero-order chi connectivity index (χ0) is 36.3. The quantitative estimate of drug-likeness (QED) is 0.0267. The van der Waals surface area contributed by atoms with Gasteiger partial charge in [0.2, 0.25) is 0 Å². The smallest absolute Gasteiger partial charge is 0.462 e. The molecule has 282 valence electrons. The number of hydrogen-bond donors (Lipinski definition) is 4. The van der Waals surface area contributed by atoms with Gasteiger partial charge in [0.05, 0.1) is 18.8 Å². The van der Waals surface area contributed by atoms with Crippen LogP contribution in [0.2, 0.25) is 0 Å². The summed E-state index contributed by atoms with van der Waals surface area (Å²) >= 11 is 0. The minimum atomic E-state index is -4.82. The number of aliphatic hydroxyl groups excluding tert-OH is 2. The molecule has 0 radical (unpaired) electrons. The van der Waals surface area contributed by atoms with Crippen molar-refractivity contribution in [1.82, 2.24) is 0 Å². The van der Waals surface area contributed by atoms with Gasteiger partial charge in [-0.2, -0.15) is 0 Å². The Morgan fingerprint density at radius 1 is 0.837 bits per heavy atom. The zero-order valence-electron chi connectivity index (χ0n) is 29.8. The molecule has 1 rings (SSSR count). The number of hydrogen-bond acceptors (Lipinski definition) is 9. The van der Waals surface area contributed by atoms with Crippen LogP contribution in [-0.4, -0.2) is 69.2 Å². The summed E-state index contributed by atoms with van der Waals surface area (Å²) in [7, 11) is -4.82. The van der Waals surface area contributed by atoms with Crippen LogP contribution in [0.25, 0.3) is 0 Å². The van der Waals surface area contributed by atoms with Crippen molar-refractivity contribution in [2.24, 2.45) is 11.8 Å². The van der Waals surface area contributed by atoms with E-state index in [9.17, 15) is 29.2 Å². The Balaban J connectivity index is 2.39. The first-order valence-corrected chi connectivity index (χ1v) is 19.9. The van der Waals surface area contributed by atoms with Crippen LogP contribution in [0.4, 0.5) is 0 Å². The molecule has 0 heterocycles. The van der Waals surface area contributed by atoms with Gasteiger partial charge in [-0.25, -0.2) is 4.57 Å². The molecule has 1 aliphatic carbocycles. The Labute approximate surface area is 293 Å². The number of allylic oxidation sites excluding steroid dienone is 5. The van der Waals surface area contributed by atoms with Crippen LogP contribution in [-0.2, 0) is 32.9 Å². The summed E-state index contributed by atoms with van der Waals surface area (Å²) in [6.07, 6.45) is 23.9. The number of aliphatic hydroxyl groups is 2. The maximum atomic E-state index is 12.4. The lowest BCUT2D eigenvalue weighted by molar-refractivity contribution is -0.161. The van der Waals surface area contributed by atoms with E-state index in [0.717, 1.165) is 57.8 Å². The summed E-state index contributed by atoms with van der Waals surface area (Å²) in [6.45, 7) is 3.28. The summed E-state index contributed by atoms with van der Waals surface area (Å²) in [5.74, 6) is -1.87. The van der Waals surface area contributed by atoms with Crippen molar-refractivity contribution in [1.29, 1.82) is 0 Å². The molecule has 0 spiro atoms. The summed E-state index contributed by atoms with van der Waals surface area (Å²) in [5.41, 5.74) is 0. The number of phosphoric ester groups is 1. The van der Waals surface area contributed by atoms with E-state index < -0.39 is 50.6 Å². The predicted octanol–water partition coefficient (Wildman–Crippen LogP) is 7.21. The number of carbonyl (C=O) groups excluding carboxylic acids is 3. The fourth-order valence-corrected chi connectivity index (χ4v) is 5.99. The Kier molecular flexibility index (Phi) is 25.3. The van der Waals surface area contributed by atoms with Crippen molar-refractivity contribution in [2.75, 3.05) is 13.2 Å². The van der Waals surface area contributed by atoms with Crippen LogP contribution >= 0.6 is 7.82 Å². The molecular formula is C37H63O11P. The largest absolute Gasteiger partial charge is 0.469 e. The highest BCUT2D eigenvalue weighted by Crippen LogP contribution is 2.36. The first-order valence-electron chi connectivity index (χ1n) is 18.4. The first kappa shape index (κ1) is 44.9. The van der Waals surface area contributed by atoms with E-state index in [0.29, 0.717) is 32.1 Å². The number of ketones is 1. The molecular weight excluding hydrogens is 651 g/mol. The number of rotatable bonds is 29. The molecule has 1 fully saturated rings. The lowest BCUT2D eigenvalue weighted by Crippen LogP contribution is -2.29. The normalized spacial score (nSPS) is 19.7. The van der Waals surface area contributed by atoms with Crippen molar-refractivity contribution in [3.8, 4) is 0 Å². The minimum absolute atomic E-state index is 0.0189. The molecule has 0 aliphatic heterocycles. The van der Waals surface area contributed by atoms with Gasteiger partial charge in [0.25, 0.3) is 0 Å². The number of esters is 2. The van der Waals surface area contributed by atoms with Gasteiger partial charge < -0.3 is 29.5 Å². The lowest BCUT2D eigenvalue weighted by atomic mass is 9.90. The Hall–Kier alpha value is -2.14. The van der Waals surface area contributed by atoms with Gasteiger partial charge >= 0.3 is 19.8 Å². The minimum Gasteiger partial charge on any atom is -0.462 e. The lowest BCUT2D eigenvalue weighted by Gasteiger charge is -2.18. The van der Waals surface area contributed by atoms with Crippen LogP contribution < -0.4 is 0 Å². The van der Waals surface area contributed by atoms with Gasteiger partial charge in [-0.3, -0.25) is 18.9 Å². The van der Waals surface area contributed by atoms with Crippen molar-refractivity contribution in [3.05, 3.63) is 36.5 Å². The van der Waals surface area contributed by atoms with Gasteiger partial charge in [0, 0.05) is 31.1 Å². The van der Waals surface area contributed by atoms with E-state index in [-0.39, 0.29) is 37.6 Å². The first-order chi connectivity index (χ1) is 23.5. The molecule has 0 amide bonds. The molecule has 49 heavy (non-hydrogen) atoms. The van der Waals surface area contributed by atoms with Gasteiger partial charge in [-0.1, -0.05) is 102 Å². The Morgan fingerprint density at radius 2 is 1.47 bits per heavy atom. The summed E-state index contributed by atoms with van der Waals surface area (Å²) in [6, 6.07) is 0. The Bertz CT molecular complexity index is 1050.